The standard InChI is InChI=1S/C54H57N/c1-35(2)43-30-38-18-12-13-19-39(38)31-44(43)46-33-45-42-20-14-15-21-47(42)54(7,8)49(45)34-51(46)55(40-24-22-37(23-25-40)36-16-10-9-11-17-36)41-26-27-48-50(32-41)53(5,6)29-28-52(48,3)4/h9-11,14-17,20-27,30-35H,12-13,18-19,28-29H2,1-8H3. The molecule has 1 nitrogen and oxygen atoms in total. The second-order valence-corrected chi connectivity index (χ2v) is 18.9. The van der Waals surface area contributed by atoms with Gasteiger partial charge >= 0.3 is 0 Å². The third-order valence-corrected chi connectivity index (χ3v) is 13.7. The molecule has 278 valence electrons. The van der Waals surface area contributed by atoms with E-state index in [0.717, 1.165) is 6.42 Å². The molecule has 0 amide bonds. The van der Waals surface area contributed by atoms with E-state index in [1.807, 2.05) is 0 Å². The van der Waals surface area contributed by atoms with Crippen molar-refractivity contribution >= 4 is 17.1 Å². The van der Waals surface area contributed by atoms with Gasteiger partial charge in [0, 0.05) is 22.4 Å². The minimum Gasteiger partial charge on any atom is -0.310 e. The first-order chi connectivity index (χ1) is 26.3. The number of fused-ring (bicyclic) bond motifs is 5. The van der Waals surface area contributed by atoms with Crippen LogP contribution in [0.25, 0.3) is 33.4 Å². The molecule has 6 aromatic rings. The Kier molecular flexibility index (Phi) is 8.54. The van der Waals surface area contributed by atoms with Gasteiger partial charge in [-0.2, -0.15) is 0 Å². The number of rotatable bonds is 6. The summed E-state index contributed by atoms with van der Waals surface area (Å²) in [5.41, 5.74) is 22.1. The van der Waals surface area contributed by atoms with Crippen molar-refractivity contribution in [2.24, 2.45) is 0 Å². The van der Waals surface area contributed by atoms with Gasteiger partial charge in [0.25, 0.3) is 0 Å². The van der Waals surface area contributed by atoms with Gasteiger partial charge < -0.3 is 4.90 Å². The van der Waals surface area contributed by atoms with Crippen LogP contribution in [0.2, 0.25) is 0 Å². The molecule has 0 N–H and O–H groups in total. The molecule has 0 saturated heterocycles. The average Bonchev–Trinajstić information content (AvgIpc) is 3.41. The Bertz CT molecular complexity index is 2420. The Labute approximate surface area is 330 Å². The minimum absolute atomic E-state index is 0.0946. The van der Waals surface area contributed by atoms with Gasteiger partial charge in [0.1, 0.15) is 0 Å². The van der Waals surface area contributed by atoms with E-state index in [9.17, 15) is 0 Å². The van der Waals surface area contributed by atoms with E-state index in [2.05, 4.69) is 182 Å². The first-order valence-corrected chi connectivity index (χ1v) is 20.9. The van der Waals surface area contributed by atoms with Crippen LogP contribution in [0.15, 0.2) is 121 Å². The zero-order valence-electron chi connectivity index (χ0n) is 34.3. The summed E-state index contributed by atoms with van der Waals surface area (Å²) >= 11 is 0. The van der Waals surface area contributed by atoms with Crippen molar-refractivity contribution in [3.63, 3.8) is 0 Å². The van der Waals surface area contributed by atoms with Gasteiger partial charge in [0.15, 0.2) is 0 Å². The molecule has 0 saturated carbocycles. The highest BCUT2D eigenvalue weighted by Crippen LogP contribution is 2.55. The van der Waals surface area contributed by atoms with Crippen LogP contribution in [-0.4, -0.2) is 0 Å². The molecular formula is C54H57N. The summed E-state index contributed by atoms with van der Waals surface area (Å²) in [5.74, 6) is 0.400. The van der Waals surface area contributed by atoms with Crippen molar-refractivity contribution < 1.29 is 0 Å². The van der Waals surface area contributed by atoms with Crippen molar-refractivity contribution in [1.82, 2.24) is 0 Å². The fourth-order valence-corrected chi connectivity index (χ4v) is 10.2. The van der Waals surface area contributed by atoms with E-state index < -0.39 is 0 Å². The van der Waals surface area contributed by atoms with Crippen molar-refractivity contribution in [3.05, 3.63) is 160 Å². The topological polar surface area (TPSA) is 3.24 Å². The summed E-state index contributed by atoms with van der Waals surface area (Å²) in [6.45, 7) is 19.4. The van der Waals surface area contributed by atoms with Crippen LogP contribution in [0.3, 0.4) is 0 Å². The van der Waals surface area contributed by atoms with Crippen LogP contribution in [0.5, 0.6) is 0 Å². The number of benzene rings is 6. The SMILES string of the molecule is CC(C)c1cc2c(cc1-c1cc3c(cc1N(c1ccc(-c4ccccc4)cc1)c1ccc4c(c1)C(C)(C)CCC4(C)C)C(C)(C)c1ccccc1-3)CCCC2. The predicted molar refractivity (Wildman–Crippen MR) is 236 cm³/mol. The third-order valence-electron chi connectivity index (χ3n) is 13.7. The molecule has 0 radical (unpaired) electrons. The quantitative estimate of drug-likeness (QED) is 0.166. The number of hydrogen-bond donors (Lipinski definition) is 0. The first-order valence-electron chi connectivity index (χ1n) is 20.9. The molecule has 0 atom stereocenters. The summed E-state index contributed by atoms with van der Waals surface area (Å²) in [5, 5.41) is 0. The van der Waals surface area contributed by atoms with E-state index in [4.69, 9.17) is 0 Å². The average molecular weight is 720 g/mol. The van der Waals surface area contributed by atoms with Crippen LogP contribution in [0.4, 0.5) is 17.1 Å². The van der Waals surface area contributed by atoms with Crippen molar-refractivity contribution in [2.75, 3.05) is 4.90 Å². The predicted octanol–water partition coefficient (Wildman–Crippen LogP) is 15.1. The van der Waals surface area contributed by atoms with Gasteiger partial charge in [0.05, 0.1) is 5.69 Å². The molecule has 1 heteroatoms. The number of anilines is 3. The molecule has 9 rings (SSSR count). The van der Waals surface area contributed by atoms with E-state index in [-0.39, 0.29) is 16.2 Å². The van der Waals surface area contributed by atoms with Gasteiger partial charge in [-0.05, 0) is 158 Å². The summed E-state index contributed by atoms with van der Waals surface area (Å²) in [6, 6.07) is 47.0. The fraction of sp³-hybridized carbons (Fsp3) is 0.333. The van der Waals surface area contributed by atoms with Crippen molar-refractivity contribution in [2.45, 2.75) is 116 Å². The van der Waals surface area contributed by atoms with E-state index >= 15 is 0 Å². The molecule has 0 aliphatic heterocycles. The smallest absolute Gasteiger partial charge is 0.0543 e. The van der Waals surface area contributed by atoms with Gasteiger partial charge in [-0.15, -0.1) is 0 Å². The fourth-order valence-electron chi connectivity index (χ4n) is 10.2. The largest absolute Gasteiger partial charge is 0.310 e. The molecule has 0 spiro atoms. The van der Waals surface area contributed by atoms with E-state index in [0.29, 0.717) is 5.92 Å². The lowest BCUT2D eigenvalue weighted by molar-refractivity contribution is 0.332. The van der Waals surface area contributed by atoms with Crippen LogP contribution in [0.1, 0.15) is 126 Å². The summed E-state index contributed by atoms with van der Waals surface area (Å²) in [4.78, 5) is 2.60. The Balaban J connectivity index is 1.35. The van der Waals surface area contributed by atoms with Gasteiger partial charge in [-0.1, -0.05) is 140 Å². The Hall–Kier alpha value is -4.88. The zero-order chi connectivity index (χ0) is 38.3. The maximum Gasteiger partial charge on any atom is 0.0543 e. The molecule has 0 heterocycles. The van der Waals surface area contributed by atoms with Crippen LogP contribution >= 0.6 is 0 Å². The maximum absolute atomic E-state index is 2.60. The second-order valence-electron chi connectivity index (χ2n) is 18.9. The summed E-state index contributed by atoms with van der Waals surface area (Å²) < 4.78 is 0. The minimum atomic E-state index is -0.124. The van der Waals surface area contributed by atoms with Gasteiger partial charge in [-0.25, -0.2) is 0 Å². The van der Waals surface area contributed by atoms with Gasteiger partial charge in [-0.3, -0.25) is 0 Å². The third kappa shape index (κ3) is 5.97. The highest BCUT2D eigenvalue weighted by atomic mass is 15.1. The molecule has 3 aliphatic carbocycles. The normalized spacial score (nSPS) is 17.3. The lowest BCUT2D eigenvalue weighted by atomic mass is 9.63. The lowest BCUT2D eigenvalue weighted by Crippen LogP contribution is -2.34. The van der Waals surface area contributed by atoms with Crippen molar-refractivity contribution in [1.29, 1.82) is 0 Å². The zero-order valence-corrected chi connectivity index (χ0v) is 34.3. The van der Waals surface area contributed by atoms with Gasteiger partial charge in [0.2, 0.25) is 0 Å². The highest BCUT2D eigenvalue weighted by Gasteiger charge is 2.39. The van der Waals surface area contributed by atoms with Crippen molar-refractivity contribution in [3.8, 4) is 33.4 Å². The molecule has 0 aromatic heterocycles. The monoisotopic (exact) mass is 719 g/mol. The Morgan fingerprint density at radius 2 is 1.09 bits per heavy atom. The molecular weight excluding hydrogens is 663 g/mol. The van der Waals surface area contributed by atoms with E-state index in [1.54, 1.807) is 5.56 Å². The molecule has 3 aliphatic rings. The van der Waals surface area contributed by atoms with Crippen LogP contribution in [-0.2, 0) is 29.1 Å². The van der Waals surface area contributed by atoms with Crippen LogP contribution < -0.4 is 4.90 Å². The number of nitrogens with zero attached hydrogens (tertiary/aromatic N) is 1. The Morgan fingerprint density at radius 3 is 1.80 bits per heavy atom. The second kappa shape index (κ2) is 13.1. The first kappa shape index (κ1) is 35.8. The highest BCUT2D eigenvalue weighted by molar-refractivity contribution is 5.96. The molecule has 55 heavy (non-hydrogen) atoms. The maximum atomic E-state index is 2.60. The molecule has 0 fully saturated rings. The molecule has 0 unspecified atom stereocenters. The van der Waals surface area contributed by atoms with E-state index in [1.165, 1.54) is 116 Å². The number of aryl methyl sites for hydroxylation is 2. The Morgan fingerprint density at radius 1 is 0.473 bits per heavy atom. The number of hydrogen-bond acceptors (Lipinski definition) is 1. The van der Waals surface area contributed by atoms with Crippen LogP contribution in [0, 0.1) is 0 Å². The summed E-state index contributed by atoms with van der Waals surface area (Å²) in [7, 11) is 0. The summed E-state index contributed by atoms with van der Waals surface area (Å²) in [6.07, 6.45) is 7.31. The lowest BCUT2D eigenvalue weighted by Gasteiger charge is -2.42. The molecule has 6 aromatic carbocycles. The molecule has 0 bridgehead atoms.